The van der Waals surface area contributed by atoms with Gasteiger partial charge in [0.1, 0.15) is 18.2 Å². The first-order valence-electron chi connectivity index (χ1n) is 16.5. The number of carbonyl (C=O) groups is 4. The quantitative estimate of drug-likeness (QED) is 0.359. The molecule has 48 heavy (non-hydrogen) atoms. The highest BCUT2D eigenvalue weighted by atomic mass is 32.1. The van der Waals surface area contributed by atoms with Crippen molar-refractivity contribution in [3.63, 3.8) is 0 Å². The van der Waals surface area contributed by atoms with Gasteiger partial charge in [-0.15, -0.1) is 11.3 Å². The average Bonchev–Trinajstić information content (AvgIpc) is 3.86. The zero-order valence-electron chi connectivity index (χ0n) is 26.9. The average molecular weight is 680 g/mol. The van der Waals surface area contributed by atoms with Crippen LogP contribution in [0.4, 0.5) is 0 Å². The van der Waals surface area contributed by atoms with Crippen LogP contribution in [0.2, 0.25) is 0 Å². The fraction of sp³-hybridized carbons (Fsp3) is 0.600. The van der Waals surface area contributed by atoms with E-state index in [1.54, 1.807) is 11.3 Å². The van der Waals surface area contributed by atoms with E-state index in [4.69, 9.17) is 23.7 Å². The van der Waals surface area contributed by atoms with Crippen LogP contribution >= 0.6 is 11.3 Å². The highest BCUT2D eigenvalue weighted by Gasteiger charge is 3.04. The molecule has 2 spiro atoms. The SMILES string of the molecule is C[C@@H]1C(=O)OC2[C@@H](O)C34C5C[C@@H](C(C)(C)C)C36[C@H](OC(=O)[C@H]6OC(=O)C(c3ccccc3)N3CCc6sccc6C3)O[C@@]4(C(=O)O5)[C@@]21O. The lowest BCUT2D eigenvalue weighted by atomic mass is 9.51. The maximum Gasteiger partial charge on any atom is 0.350 e. The molecule has 1 aromatic heterocycles. The molecule has 254 valence electrons. The zero-order chi connectivity index (χ0) is 33.8. The van der Waals surface area contributed by atoms with Gasteiger partial charge in [0.25, 0.3) is 0 Å². The first kappa shape index (κ1) is 30.7. The number of aliphatic hydroxyl groups excluding tert-OH is 1. The predicted molar refractivity (Wildman–Crippen MR) is 164 cm³/mol. The molecule has 13 heteroatoms. The maximum atomic E-state index is 14.7. The van der Waals surface area contributed by atoms with Crippen LogP contribution in [0.1, 0.15) is 56.2 Å². The van der Waals surface area contributed by atoms with E-state index in [1.807, 2.05) is 67.4 Å². The summed E-state index contributed by atoms with van der Waals surface area (Å²) >= 11 is 1.68. The molecule has 7 aliphatic rings. The molecule has 0 radical (unpaired) electrons. The summed E-state index contributed by atoms with van der Waals surface area (Å²) in [6, 6.07) is 10.4. The van der Waals surface area contributed by atoms with Crippen molar-refractivity contribution in [2.45, 2.75) is 95.0 Å². The zero-order valence-corrected chi connectivity index (χ0v) is 27.7. The third kappa shape index (κ3) is 3.13. The summed E-state index contributed by atoms with van der Waals surface area (Å²) < 4.78 is 30.4. The second kappa shape index (κ2) is 9.45. The third-order valence-corrected chi connectivity index (χ3v) is 13.8. The number of thiophene rings is 1. The fourth-order valence-corrected chi connectivity index (χ4v) is 11.9. The van der Waals surface area contributed by atoms with Gasteiger partial charge in [0.15, 0.2) is 11.7 Å². The van der Waals surface area contributed by atoms with E-state index in [-0.39, 0.29) is 6.42 Å². The molecule has 0 bridgehead atoms. The molecule has 2 saturated carbocycles. The van der Waals surface area contributed by atoms with Crippen LogP contribution in [0.5, 0.6) is 0 Å². The molecule has 1 aromatic carbocycles. The Hall–Kier alpha value is -3.36. The number of hydrogen-bond acceptors (Lipinski definition) is 13. The molecule has 6 heterocycles. The second-order valence-corrected chi connectivity index (χ2v) is 16.5. The number of esters is 4. The number of nitrogens with zero attached hydrogens (tertiary/aromatic N) is 1. The van der Waals surface area contributed by atoms with Crippen molar-refractivity contribution < 1.29 is 53.1 Å². The van der Waals surface area contributed by atoms with Gasteiger partial charge in [0.05, 0.1) is 16.7 Å². The van der Waals surface area contributed by atoms with Crippen LogP contribution in [0.25, 0.3) is 0 Å². The normalized spacial score (nSPS) is 44.3. The van der Waals surface area contributed by atoms with Gasteiger partial charge >= 0.3 is 23.9 Å². The molecule has 5 unspecified atom stereocenters. The first-order valence-corrected chi connectivity index (χ1v) is 17.4. The molecular formula is C35H37NO11S. The van der Waals surface area contributed by atoms with Crippen molar-refractivity contribution in [3.05, 3.63) is 57.8 Å². The number of ether oxygens (including phenoxy) is 5. The van der Waals surface area contributed by atoms with E-state index in [1.165, 1.54) is 11.8 Å². The van der Waals surface area contributed by atoms with Crippen LogP contribution in [-0.4, -0.2) is 87.4 Å². The molecule has 12 atom stereocenters. The van der Waals surface area contributed by atoms with Crippen molar-refractivity contribution in [2.75, 3.05) is 6.54 Å². The van der Waals surface area contributed by atoms with E-state index in [0.717, 1.165) is 12.0 Å². The van der Waals surface area contributed by atoms with Crippen molar-refractivity contribution in [3.8, 4) is 0 Å². The van der Waals surface area contributed by atoms with Gasteiger partial charge in [-0.05, 0) is 53.7 Å². The first-order chi connectivity index (χ1) is 22.8. The highest BCUT2D eigenvalue weighted by molar-refractivity contribution is 7.10. The fourth-order valence-electron chi connectivity index (χ4n) is 11.0. The monoisotopic (exact) mass is 679 g/mol. The summed E-state index contributed by atoms with van der Waals surface area (Å²) in [7, 11) is 0. The van der Waals surface area contributed by atoms with E-state index in [9.17, 15) is 29.4 Å². The Balaban J connectivity index is 1.20. The van der Waals surface area contributed by atoms with Crippen LogP contribution in [-0.2, 0) is 55.8 Å². The number of carbonyl (C=O) groups excluding carboxylic acids is 4. The standard InChI is InChI=1S/C35H37NO11S/c1-16-26(38)44-24-23(37)33-21-14-20(31(2,3)4)32(33)25(28(40)46-30(32)47-35(33,29(41)43-21)34(16,24)42)45-27(39)22(17-8-6-5-7-9-17)36-12-10-19-18(15-36)11-13-48-19/h5-9,11,13,16,20-25,30,37,42H,10,12,14-15H2,1-4H3/t16-,20+,21?,22?,23-,24?,25-,30-,32?,33?,34+,35-/m1/s1. The summed E-state index contributed by atoms with van der Waals surface area (Å²) in [5, 5.41) is 26.9. The lowest BCUT2D eigenvalue weighted by molar-refractivity contribution is -0.240. The number of rotatable bonds is 4. The molecule has 5 aliphatic heterocycles. The molecule has 2 aromatic rings. The number of fused-ring (bicyclic) bond motifs is 2. The Morgan fingerprint density at radius 2 is 1.83 bits per heavy atom. The molecule has 2 N–H and O–H groups in total. The lowest BCUT2D eigenvalue weighted by Crippen LogP contribution is -2.67. The maximum absolute atomic E-state index is 14.7. The lowest BCUT2D eigenvalue weighted by Gasteiger charge is -2.48. The largest absolute Gasteiger partial charge is 0.459 e. The van der Waals surface area contributed by atoms with Gasteiger partial charge in [-0.1, -0.05) is 51.1 Å². The number of aliphatic hydroxyl groups is 2. The van der Waals surface area contributed by atoms with E-state index >= 15 is 0 Å². The van der Waals surface area contributed by atoms with E-state index < -0.39 is 99.9 Å². The van der Waals surface area contributed by atoms with E-state index in [0.29, 0.717) is 18.7 Å². The molecule has 9 rings (SSSR count). The van der Waals surface area contributed by atoms with Crippen LogP contribution in [0.15, 0.2) is 41.8 Å². The Morgan fingerprint density at radius 1 is 1.08 bits per heavy atom. The van der Waals surface area contributed by atoms with Crippen molar-refractivity contribution in [1.29, 1.82) is 0 Å². The highest BCUT2D eigenvalue weighted by Crippen LogP contribution is 2.84. The summed E-state index contributed by atoms with van der Waals surface area (Å²) in [6.45, 7) is 8.33. The van der Waals surface area contributed by atoms with Crippen LogP contribution in [0.3, 0.4) is 0 Å². The van der Waals surface area contributed by atoms with Crippen molar-refractivity contribution in [1.82, 2.24) is 4.90 Å². The van der Waals surface area contributed by atoms with Gasteiger partial charge < -0.3 is 33.9 Å². The minimum Gasteiger partial charge on any atom is -0.459 e. The molecule has 0 amide bonds. The number of hydrogen-bond donors (Lipinski definition) is 2. The molecule has 2 aliphatic carbocycles. The minimum absolute atomic E-state index is 0.166. The van der Waals surface area contributed by atoms with Crippen molar-refractivity contribution >= 4 is 35.2 Å². The summed E-state index contributed by atoms with van der Waals surface area (Å²) in [5.74, 6) is -5.21. The molecule has 4 saturated heterocycles. The van der Waals surface area contributed by atoms with Gasteiger partial charge in [0, 0.05) is 18.0 Å². The van der Waals surface area contributed by atoms with Gasteiger partial charge in [-0.2, -0.15) is 0 Å². The van der Waals surface area contributed by atoms with Gasteiger partial charge in [-0.25, -0.2) is 14.4 Å². The minimum atomic E-state index is -2.35. The topological polar surface area (TPSA) is 158 Å². The Bertz CT molecular complexity index is 1770. The Kier molecular flexibility index (Phi) is 6.04. The van der Waals surface area contributed by atoms with Crippen molar-refractivity contribution in [2.24, 2.45) is 28.1 Å². The molecular weight excluding hydrogens is 642 g/mol. The van der Waals surface area contributed by atoms with Gasteiger partial charge in [0.2, 0.25) is 18.0 Å². The smallest absolute Gasteiger partial charge is 0.350 e. The third-order valence-electron chi connectivity index (χ3n) is 12.7. The van der Waals surface area contributed by atoms with Gasteiger partial charge in [-0.3, -0.25) is 9.69 Å². The Morgan fingerprint density at radius 3 is 2.56 bits per heavy atom. The molecule has 6 fully saturated rings. The predicted octanol–water partition coefficient (Wildman–Crippen LogP) is 2.04. The summed E-state index contributed by atoms with van der Waals surface area (Å²) in [5.41, 5.74) is -7.06. The van der Waals surface area contributed by atoms with E-state index in [2.05, 4.69) is 0 Å². The summed E-state index contributed by atoms with van der Waals surface area (Å²) in [4.78, 5) is 59.1. The number of benzene rings is 1. The summed E-state index contributed by atoms with van der Waals surface area (Å²) in [6.07, 6.45) is -6.55. The Labute approximate surface area is 280 Å². The van der Waals surface area contributed by atoms with Crippen LogP contribution in [0, 0.1) is 28.1 Å². The molecule has 12 nitrogen and oxygen atoms in total. The van der Waals surface area contributed by atoms with Crippen LogP contribution < -0.4 is 0 Å². The second-order valence-electron chi connectivity index (χ2n) is 15.5.